The number of ketones is 1. The molecule has 20 heteroatoms. The van der Waals surface area contributed by atoms with Gasteiger partial charge in [-0.3, -0.25) is 14.4 Å². The molecule has 2 fully saturated rings. The Morgan fingerprint density at radius 3 is 1.40 bits per heavy atom. The van der Waals surface area contributed by atoms with Crippen LogP contribution in [0.3, 0.4) is 0 Å². The van der Waals surface area contributed by atoms with Gasteiger partial charge < -0.3 is 56.8 Å². The normalized spacial score (nSPS) is 14.2. The van der Waals surface area contributed by atoms with Gasteiger partial charge in [-0.25, -0.2) is 15.0 Å². The number of amides is 1. The molecule has 0 spiro atoms. The molecule has 18 nitrogen and oxygen atoms in total. The van der Waals surface area contributed by atoms with Gasteiger partial charge in [0.1, 0.15) is 38.0 Å². The van der Waals surface area contributed by atoms with Gasteiger partial charge in [0.2, 0.25) is 5.78 Å². The second-order valence-electron chi connectivity index (χ2n) is 16.4. The molecule has 2 aliphatic rings. The predicted molar refractivity (Wildman–Crippen MR) is 281 cm³/mol. The predicted octanol–water partition coefficient (Wildman–Crippen LogP) is 8.37. The van der Waals surface area contributed by atoms with Gasteiger partial charge in [-0.2, -0.15) is 0 Å². The molecule has 4 heterocycles. The molecule has 2 atom stereocenters. The first-order valence-electron chi connectivity index (χ1n) is 22.9. The molecule has 6 aromatic rings. The van der Waals surface area contributed by atoms with Crippen molar-refractivity contribution in [3.63, 3.8) is 0 Å². The van der Waals surface area contributed by atoms with Crippen LogP contribution in [0.2, 0.25) is 0 Å². The lowest BCUT2D eigenvalue weighted by Gasteiger charge is -2.29. The van der Waals surface area contributed by atoms with E-state index >= 15 is 0 Å². The Morgan fingerprint density at radius 1 is 0.611 bits per heavy atom. The van der Waals surface area contributed by atoms with Crippen molar-refractivity contribution in [3.8, 4) is 45.5 Å². The van der Waals surface area contributed by atoms with Gasteiger partial charge in [0.05, 0.1) is 79.7 Å². The summed E-state index contributed by atoms with van der Waals surface area (Å²) in [4.78, 5) is 44.0. The SMILES string of the molecule is COC(C(=O)N(C)OC)c1ccc(N2CCOCC2)cc1.COc1cc(-c2cn(C)c(C(=O)C(OC)c3ccc(N4CCOCC4)cc3)n2)cc(OC)c1Br.COc1cc(-c2cn(C)cn2)cc(OC)c1Br. The number of halogens is 2. The third kappa shape index (κ3) is 13.5. The number of benzene rings is 4. The van der Waals surface area contributed by atoms with Crippen molar-refractivity contribution >= 4 is 54.9 Å². The molecule has 0 radical (unpaired) electrons. The number of likely N-dealkylation sites (N-methyl/N-ethyl adjacent to an activating group) is 1. The molecule has 4 aromatic carbocycles. The minimum atomic E-state index is -0.762. The van der Waals surface area contributed by atoms with Crippen molar-refractivity contribution in [2.24, 2.45) is 14.1 Å². The van der Waals surface area contributed by atoms with Crippen LogP contribution in [0.4, 0.5) is 11.4 Å². The highest BCUT2D eigenvalue weighted by molar-refractivity contribution is 9.11. The maximum absolute atomic E-state index is 13.4. The number of morpholine rings is 2. The van der Waals surface area contributed by atoms with Gasteiger partial charge in [-0.15, -0.1) is 0 Å². The first-order chi connectivity index (χ1) is 34.8. The van der Waals surface area contributed by atoms with Crippen LogP contribution < -0.4 is 28.7 Å². The van der Waals surface area contributed by atoms with Gasteiger partial charge in [0.25, 0.3) is 5.91 Å². The van der Waals surface area contributed by atoms with Crippen LogP contribution in [0.25, 0.3) is 22.5 Å². The van der Waals surface area contributed by atoms with Crippen LogP contribution in [0.1, 0.15) is 34.0 Å². The van der Waals surface area contributed by atoms with E-state index in [1.165, 1.54) is 26.4 Å². The summed E-state index contributed by atoms with van der Waals surface area (Å²) in [7, 11) is 16.2. The lowest BCUT2D eigenvalue weighted by atomic mass is 10.0. The second kappa shape index (κ2) is 26.6. The molecule has 2 unspecified atom stereocenters. The molecule has 8 rings (SSSR count). The molecule has 72 heavy (non-hydrogen) atoms. The molecular formula is C52H63Br2N7O11. The summed E-state index contributed by atoms with van der Waals surface area (Å²) >= 11 is 6.92. The summed E-state index contributed by atoms with van der Waals surface area (Å²) in [5.41, 5.74) is 7.07. The highest BCUT2D eigenvalue weighted by Crippen LogP contribution is 2.40. The number of aromatic nitrogens is 4. The maximum Gasteiger partial charge on any atom is 0.279 e. The van der Waals surface area contributed by atoms with Gasteiger partial charge in [-0.1, -0.05) is 24.3 Å². The summed E-state index contributed by atoms with van der Waals surface area (Å²) in [6.45, 7) is 6.42. The molecule has 0 N–H and O–H groups in total. The highest BCUT2D eigenvalue weighted by atomic mass is 79.9. The van der Waals surface area contributed by atoms with Crippen molar-refractivity contribution in [2.45, 2.75) is 12.2 Å². The lowest BCUT2D eigenvalue weighted by Crippen LogP contribution is -2.36. The second-order valence-corrected chi connectivity index (χ2v) is 18.0. The molecule has 386 valence electrons. The van der Waals surface area contributed by atoms with Crippen molar-refractivity contribution in [2.75, 3.05) is 119 Å². The Kier molecular flexibility index (Phi) is 20.5. The van der Waals surface area contributed by atoms with E-state index in [4.69, 9.17) is 42.7 Å². The average Bonchev–Trinajstić information content (AvgIpc) is 4.05. The molecule has 1 amide bonds. The van der Waals surface area contributed by atoms with E-state index in [2.05, 4.69) is 51.6 Å². The first kappa shape index (κ1) is 55.3. The van der Waals surface area contributed by atoms with E-state index < -0.39 is 12.2 Å². The number of aryl methyl sites for hydroxylation is 2. The van der Waals surface area contributed by atoms with Crippen LogP contribution in [-0.2, 0) is 42.7 Å². The third-order valence-electron chi connectivity index (χ3n) is 11.9. The number of anilines is 2. The summed E-state index contributed by atoms with van der Waals surface area (Å²) < 4.78 is 48.3. The van der Waals surface area contributed by atoms with Crippen LogP contribution in [-0.4, -0.2) is 145 Å². The minimum absolute atomic E-state index is 0.216. The van der Waals surface area contributed by atoms with Crippen molar-refractivity contribution in [3.05, 3.63) is 117 Å². The fraction of sp³-hybridized carbons (Fsp3) is 0.385. The molecule has 2 aromatic heterocycles. The van der Waals surface area contributed by atoms with E-state index in [1.807, 2.05) is 96.8 Å². The van der Waals surface area contributed by atoms with Gasteiger partial charge >= 0.3 is 0 Å². The molecular weight excluding hydrogens is 1060 g/mol. The largest absolute Gasteiger partial charge is 0.495 e. The number of nitrogens with zero attached hydrogens (tertiary/aromatic N) is 7. The number of ether oxygens (including phenoxy) is 8. The highest BCUT2D eigenvalue weighted by Gasteiger charge is 2.28. The smallest absolute Gasteiger partial charge is 0.279 e. The number of hydrogen-bond donors (Lipinski definition) is 0. The van der Waals surface area contributed by atoms with Gasteiger partial charge in [-0.05, 0) is 91.5 Å². The Labute approximate surface area is 437 Å². The van der Waals surface area contributed by atoms with Crippen LogP contribution in [0, 0.1) is 0 Å². The number of Topliss-reactive ketones (excluding diaryl/α,β-unsaturated/α-hetero) is 1. The van der Waals surface area contributed by atoms with E-state index in [0.717, 1.165) is 108 Å². The van der Waals surface area contributed by atoms with E-state index in [9.17, 15) is 9.59 Å². The lowest BCUT2D eigenvalue weighted by molar-refractivity contribution is -0.179. The zero-order valence-electron chi connectivity index (χ0n) is 42.3. The van der Waals surface area contributed by atoms with Crippen molar-refractivity contribution < 1.29 is 52.3 Å². The van der Waals surface area contributed by atoms with Gasteiger partial charge in [0.15, 0.2) is 11.9 Å². The van der Waals surface area contributed by atoms with E-state index in [0.29, 0.717) is 27.5 Å². The van der Waals surface area contributed by atoms with E-state index in [-0.39, 0.29) is 11.7 Å². The summed E-state index contributed by atoms with van der Waals surface area (Å²) in [6.07, 6.45) is 4.09. The van der Waals surface area contributed by atoms with E-state index in [1.54, 1.807) is 53.4 Å². The Bertz CT molecular complexity index is 2650. The molecule has 2 saturated heterocycles. The molecule has 0 aliphatic carbocycles. The number of carbonyl (C=O) groups excluding carboxylic acids is 2. The Hall–Kier alpha value is -6.00. The van der Waals surface area contributed by atoms with Crippen molar-refractivity contribution in [1.29, 1.82) is 0 Å². The van der Waals surface area contributed by atoms with Crippen LogP contribution >= 0.6 is 31.9 Å². The third-order valence-corrected chi connectivity index (χ3v) is 13.5. The van der Waals surface area contributed by atoms with Crippen molar-refractivity contribution in [1.82, 2.24) is 24.2 Å². The topological polar surface area (TPSA) is 163 Å². The average molecular weight is 1120 g/mol. The fourth-order valence-corrected chi connectivity index (χ4v) is 9.05. The number of methoxy groups -OCH3 is 6. The Balaban J connectivity index is 0.000000191. The number of rotatable bonds is 16. The first-order valence-corrected chi connectivity index (χ1v) is 24.5. The fourth-order valence-electron chi connectivity index (χ4n) is 7.94. The Morgan fingerprint density at radius 2 is 1.03 bits per heavy atom. The molecule has 0 bridgehead atoms. The van der Waals surface area contributed by atoms with Crippen LogP contribution in [0.15, 0.2) is 100 Å². The summed E-state index contributed by atoms with van der Waals surface area (Å²) in [6, 6.07) is 23.3. The quantitative estimate of drug-likeness (QED) is 0.0671. The number of hydroxylamine groups is 2. The standard InChI is InChI=1S/C25H28BrN3O5.C15H22N2O4.C12H13BrN2O2/c1-28-15-19(17-13-20(31-2)22(26)21(14-17)32-3)27-25(28)23(30)24(33-4)16-5-7-18(8-6-16)29-9-11-34-12-10-29;1-16(20-3)15(18)14(19-2)12-4-6-13(7-5-12)17-8-10-21-11-9-17;1-15-6-9(14-7-15)8-4-10(16-2)12(13)11(5-8)17-3/h5-8,13-15,24H,9-12H2,1-4H3;4-7,14H,8-11H2,1-3H3;4-7H,1-3H3. The number of hydrogen-bond acceptors (Lipinski definition) is 15. The molecule has 0 saturated carbocycles. The maximum atomic E-state index is 13.4. The van der Waals surface area contributed by atoms with Gasteiger partial charge in [0, 0.05) is 96.4 Å². The zero-order chi connectivity index (χ0) is 51.9. The number of carbonyl (C=O) groups is 2. The molecule has 2 aliphatic heterocycles. The summed E-state index contributed by atoms with van der Waals surface area (Å²) in [5, 5.41) is 1.17. The van der Waals surface area contributed by atoms with Crippen LogP contribution in [0.5, 0.6) is 23.0 Å². The monoisotopic (exact) mass is 1120 g/mol. The summed E-state index contributed by atoms with van der Waals surface area (Å²) in [5.74, 6) is 2.53. The zero-order valence-corrected chi connectivity index (χ0v) is 45.5. The minimum Gasteiger partial charge on any atom is -0.495 e. The number of imidazole rings is 2.